The van der Waals surface area contributed by atoms with Crippen LogP contribution >= 0.6 is 11.6 Å². The summed E-state index contributed by atoms with van der Waals surface area (Å²) in [5.74, 6) is 0.709. The van der Waals surface area contributed by atoms with Gasteiger partial charge >= 0.3 is 0 Å². The molecule has 0 aliphatic carbocycles. The summed E-state index contributed by atoms with van der Waals surface area (Å²) >= 11 is 5.96. The highest BCUT2D eigenvalue weighted by Crippen LogP contribution is 2.34. The SMILES string of the molecule is CN(C)CCC(=O)c1c(-c2ccc(Cl)cc2)oc2ccccc12. The molecule has 3 nitrogen and oxygen atoms in total. The maximum absolute atomic E-state index is 12.8. The Morgan fingerprint density at radius 3 is 2.48 bits per heavy atom. The quantitative estimate of drug-likeness (QED) is 0.626. The fourth-order valence-electron chi connectivity index (χ4n) is 2.58. The standard InChI is InChI=1S/C19H18ClNO2/c1-21(2)12-11-16(22)18-15-5-3-4-6-17(15)23-19(18)13-7-9-14(20)10-8-13/h3-10H,11-12H2,1-2H3. The van der Waals surface area contributed by atoms with E-state index in [4.69, 9.17) is 16.0 Å². The van der Waals surface area contributed by atoms with Gasteiger partial charge in [-0.05, 0) is 44.4 Å². The minimum atomic E-state index is 0.0913. The second-order valence-corrected chi connectivity index (χ2v) is 6.22. The molecule has 0 bridgehead atoms. The molecule has 2 aromatic carbocycles. The second-order valence-electron chi connectivity index (χ2n) is 5.79. The highest BCUT2D eigenvalue weighted by atomic mass is 35.5. The van der Waals surface area contributed by atoms with Gasteiger partial charge in [0, 0.05) is 28.9 Å². The van der Waals surface area contributed by atoms with E-state index in [-0.39, 0.29) is 5.78 Å². The topological polar surface area (TPSA) is 33.5 Å². The van der Waals surface area contributed by atoms with E-state index in [0.29, 0.717) is 29.3 Å². The number of Topliss-reactive ketones (excluding diaryl/α,β-unsaturated/α-hetero) is 1. The van der Waals surface area contributed by atoms with Crippen LogP contribution in [0.2, 0.25) is 5.02 Å². The van der Waals surface area contributed by atoms with E-state index in [0.717, 1.165) is 16.5 Å². The lowest BCUT2D eigenvalue weighted by Gasteiger charge is -2.08. The normalized spacial score (nSPS) is 11.3. The van der Waals surface area contributed by atoms with Gasteiger partial charge in [0.05, 0.1) is 5.56 Å². The van der Waals surface area contributed by atoms with Crippen molar-refractivity contribution in [2.24, 2.45) is 0 Å². The Bertz CT molecular complexity index is 834. The smallest absolute Gasteiger partial charge is 0.168 e. The monoisotopic (exact) mass is 327 g/mol. The van der Waals surface area contributed by atoms with Crippen molar-refractivity contribution in [1.29, 1.82) is 0 Å². The summed E-state index contributed by atoms with van der Waals surface area (Å²) in [6.07, 6.45) is 0.455. The van der Waals surface area contributed by atoms with Crippen LogP contribution in [0.3, 0.4) is 0 Å². The summed E-state index contributed by atoms with van der Waals surface area (Å²) in [4.78, 5) is 14.8. The summed E-state index contributed by atoms with van der Waals surface area (Å²) in [5, 5.41) is 1.52. The van der Waals surface area contributed by atoms with Gasteiger partial charge in [-0.1, -0.05) is 29.8 Å². The van der Waals surface area contributed by atoms with Gasteiger partial charge in [-0.25, -0.2) is 0 Å². The minimum absolute atomic E-state index is 0.0913. The molecule has 0 aliphatic heterocycles. The van der Waals surface area contributed by atoms with Gasteiger partial charge in [0.25, 0.3) is 0 Å². The predicted molar refractivity (Wildman–Crippen MR) is 94.2 cm³/mol. The predicted octanol–water partition coefficient (Wildman–Crippen LogP) is 4.89. The van der Waals surface area contributed by atoms with Gasteiger partial charge in [0.2, 0.25) is 0 Å². The van der Waals surface area contributed by atoms with Crippen LogP contribution in [0.25, 0.3) is 22.3 Å². The first kappa shape index (κ1) is 15.8. The molecule has 3 rings (SSSR count). The fraction of sp³-hybridized carbons (Fsp3) is 0.211. The van der Waals surface area contributed by atoms with Crippen LogP contribution in [-0.2, 0) is 0 Å². The number of halogens is 1. The van der Waals surface area contributed by atoms with Crippen molar-refractivity contribution in [3.05, 3.63) is 59.1 Å². The number of ketones is 1. The minimum Gasteiger partial charge on any atom is -0.455 e. The molecule has 1 heterocycles. The van der Waals surface area contributed by atoms with Gasteiger partial charge in [-0.3, -0.25) is 4.79 Å². The zero-order valence-corrected chi connectivity index (χ0v) is 13.9. The van der Waals surface area contributed by atoms with Crippen molar-refractivity contribution in [2.45, 2.75) is 6.42 Å². The van der Waals surface area contributed by atoms with E-state index in [2.05, 4.69) is 0 Å². The van der Waals surface area contributed by atoms with Crippen LogP contribution in [0, 0.1) is 0 Å². The number of hydrogen-bond donors (Lipinski definition) is 0. The van der Waals surface area contributed by atoms with E-state index in [9.17, 15) is 4.79 Å². The van der Waals surface area contributed by atoms with Gasteiger partial charge in [0.1, 0.15) is 11.3 Å². The van der Waals surface area contributed by atoms with Crippen molar-refractivity contribution in [1.82, 2.24) is 4.90 Å². The number of rotatable bonds is 5. The van der Waals surface area contributed by atoms with Crippen LogP contribution in [-0.4, -0.2) is 31.3 Å². The van der Waals surface area contributed by atoms with Crippen LogP contribution < -0.4 is 0 Å². The Morgan fingerprint density at radius 2 is 1.78 bits per heavy atom. The lowest BCUT2D eigenvalue weighted by molar-refractivity contribution is 0.0974. The average molecular weight is 328 g/mol. The van der Waals surface area contributed by atoms with E-state index < -0.39 is 0 Å². The van der Waals surface area contributed by atoms with E-state index >= 15 is 0 Å². The number of hydrogen-bond acceptors (Lipinski definition) is 3. The third-order valence-electron chi connectivity index (χ3n) is 3.77. The number of carbonyl (C=O) groups is 1. The van der Waals surface area contributed by atoms with Crippen LogP contribution in [0.1, 0.15) is 16.8 Å². The average Bonchev–Trinajstić information content (AvgIpc) is 2.92. The first-order valence-corrected chi connectivity index (χ1v) is 7.89. The number of fused-ring (bicyclic) bond motifs is 1. The lowest BCUT2D eigenvalue weighted by Crippen LogP contribution is -2.16. The first-order chi connectivity index (χ1) is 11.1. The molecule has 4 heteroatoms. The molecule has 0 fully saturated rings. The zero-order chi connectivity index (χ0) is 16.4. The number of furan rings is 1. The fourth-order valence-corrected chi connectivity index (χ4v) is 2.70. The summed E-state index contributed by atoms with van der Waals surface area (Å²) < 4.78 is 5.98. The molecule has 0 N–H and O–H groups in total. The highest BCUT2D eigenvalue weighted by molar-refractivity contribution is 6.30. The summed E-state index contributed by atoms with van der Waals surface area (Å²) in [6, 6.07) is 15.0. The van der Waals surface area contributed by atoms with Gasteiger partial charge in [-0.15, -0.1) is 0 Å². The molecule has 0 aliphatic rings. The number of nitrogens with zero attached hydrogens (tertiary/aromatic N) is 1. The molecule has 118 valence electrons. The van der Waals surface area contributed by atoms with Crippen LogP contribution in [0.5, 0.6) is 0 Å². The molecule has 0 unspecified atom stereocenters. The van der Waals surface area contributed by atoms with Crippen LogP contribution in [0.15, 0.2) is 52.9 Å². The number of para-hydroxylation sites is 1. The molecule has 0 spiro atoms. The Morgan fingerprint density at radius 1 is 1.09 bits per heavy atom. The van der Waals surface area contributed by atoms with Gasteiger partial charge < -0.3 is 9.32 Å². The summed E-state index contributed by atoms with van der Waals surface area (Å²) in [6.45, 7) is 0.707. The molecular formula is C19H18ClNO2. The molecule has 0 atom stereocenters. The first-order valence-electron chi connectivity index (χ1n) is 7.51. The number of carbonyl (C=O) groups excluding carboxylic acids is 1. The molecule has 0 radical (unpaired) electrons. The molecule has 0 saturated heterocycles. The lowest BCUT2D eigenvalue weighted by atomic mass is 10.0. The summed E-state index contributed by atoms with van der Waals surface area (Å²) in [7, 11) is 3.92. The summed E-state index contributed by atoms with van der Waals surface area (Å²) in [5.41, 5.74) is 2.24. The molecular weight excluding hydrogens is 310 g/mol. The van der Waals surface area contributed by atoms with Crippen molar-refractivity contribution in [3.63, 3.8) is 0 Å². The third-order valence-corrected chi connectivity index (χ3v) is 4.02. The third kappa shape index (κ3) is 3.31. The molecule has 0 saturated carbocycles. The largest absolute Gasteiger partial charge is 0.455 e. The van der Waals surface area contributed by atoms with Gasteiger partial charge in [-0.2, -0.15) is 0 Å². The molecule has 3 aromatic rings. The highest BCUT2D eigenvalue weighted by Gasteiger charge is 2.21. The molecule has 1 aromatic heterocycles. The zero-order valence-electron chi connectivity index (χ0n) is 13.2. The Kier molecular flexibility index (Phi) is 4.51. The van der Waals surface area contributed by atoms with E-state index in [1.165, 1.54) is 0 Å². The van der Waals surface area contributed by atoms with Crippen molar-refractivity contribution >= 4 is 28.4 Å². The Hall–Kier alpha value is -2.10. The van der Waals surface area contributed by atoms with Gasteiger partial charge in [0.15, 0.2) is 5.78 Å². The number of benzene rings is 2. The van der Waals surface area contributed by atoms with Crippen molar-refractivity contribution in [2.75, 3.05) is 20.6 Å². The molecule has 23 heavy (non-hydrogen) atoms. The maximum Gasteiger partial charge on any atom is 0.168 e. The van der Waals surface area contributed by atoms with E-state index in [1.54, 1.807) is 12.1 Å². The van der Waals surface area contributed by atoms with E-state index in [1.807, 2.05) is 55.4 Å². The van der Waals surface area contributed by atoms with Crippen LogP contribution in [0.4, 0.5) is 0 Å². The van der Waals surface area contributed by atoms with Crippen molar-refractivity contribution in [3.8, 4) is 11.3 Å². The molecule has 0 amide bonds. The second kappa shape index (κ2) is 6.57. The Balaban J connectivity index is 2.11. The Labute approximate surface area is 140 Å². The van der Waals surface area contributed by atoms with Crippen molar-refractivity contribution < 1.29 is 9.21 Å². The maximum atomic E-state index is 12.8.